The van der Waals surface area contributed by atoms with Crippen LogP contribution in [0.5, 0.6) is 0 Å². The SMILES string of the molecule is CC12CC3CC(C)(C1)CC(CCCN)(C3)C2. The molecule has 2 unspecified atom stereocenters. The number of nitrogens with two attached hydrogens (primary N) is 1. The largest absolute Gasteiger partial charge is 0.330 e. The molecule has 0 radical (unpaired) electrons. The third-order valence-corrected chi connectivity index (χ3v) is 5.65. The Labute approximate surface area is 100 Å². The third kappa shape index (κ3) is 1.63. The summed E-state index contributed by atoms with van der Waals surface area (Å²) < 4.78 is 0. The van der Waals surface area contributed by atoms with Crippen LogP contribution in [-0.2, 0) is 0 Å². The van der Waals surface area contributed by atoms with Gasteiger partial charge in [-0.25, -0.2) is 0 Å². The summed E-state index contributed by atoms with van der Waals surface area (Å²) >= 11 is 0. The maximum atomic E-state index is 5.72. The van der Waals surface area contributed by atoms with Crippen molar-refractivity contribution in [3.05, 3.63) is 0 Å². The Hall–Kier alpha value is -0.0400. The minimum absolute atomic E-state index is 0.683. The fraction of sp³-hybridized carbons (Fsp3) is 1.00. The normalized spacial score (nSPS) is 54.6. The van der Waals surface area contributed by atoms with E-state index in [0.29, 0.717) is 16.2 Å². The van der Waals surface area contributed by atoms with Crippen LogP contribution in [0.2, 0.25) is 0 Å². The van der Waals surface area contributed by atoms with Crippen LogP contribution in [0, 0.1) is 22.2 Å². The Morgan fingerprint density at radius 1 is 1.00 bits per heavy atom. The summed E-state index contributed by atoms with van der Waals surface area (Å²) in [5, 5.41) is 0. The van der Waals surface area contributed by atoms with Gasteiger partial charge in [0.2, 0.25) is 0 Å². The van der Waals surface area contributed by atoms with Gasteiger partial charge < -0.3 is 5.73 Å². The Morgan fingerprint density at radius 2 is 1.62 bits per heavy atom. The molecule has 0 aromatic heterocycles. The topological polar surface area (TPSA) is 26.0 Å². The minimum atomic E-state index is 0.683. The lowest BCUT2D eigenvalue weighted by atomic mass is 9.40. The first-order valence-electron chi connectivity index (χ1n) is 7.17. The zero-order valence-electron chi connectivity index (χ0n) is 11.0. The average molecular weight is 221 g/mol. The molecule has 0 aliphatic heterocycles. The number of rotatable bonds is 3. The van der Waals surface area contributed by atoms with Crippen molar-refractivity contribution in [2.75, 3.05) is 6.54 Å². The summed E-state index contributed by atoms with van der Waals surface area (Å²) in [5.41, 5.74) is 7.79. The van der Waals surface area contributed by atoms with Gasteiger partial charge in [0.05, 0.1) is 0 Å². The number of hydrogen-bond donors (Lipinski definition) is 1. The van der Waals surface area contributed by atoms with E-state index in [0.717, 1.165) is 12.5 Å². The van der Waals surface area contributed by atoms with Crippen molar-refractivity contribution in [1.29, 1.82) is 0 Å². The van der Waals surface area contributed by atoms with Crippen LogP contribution in [-0.4, -0.2) is 6.54 Å². The van der Waals surface area contributed by atoms with Crippen LogP contribution in [0.4, 0.5) is 0 Å². The molecule has 4 aliphatic rings. The Balaban J connectivity index is 1.86. The van der Waals surface area contributed by atoms with E-state index in [1.165, 1.54) is 51.4 Å². The maximum Gasteiger partial charge on any atom is -0.00771 e. The van der Waals surface area contributed by atoms with Gasteiger partial charge in [-0.3, -0.25) is 0 Å². The van der Waals surface area contributed by atoms with E-state index in [2.05, 4.69) is 13.8 Å². The summed E-state index contributed by atoms with van der Waals surface area (Å²) in [4.78, 5) is 0. The molecule has 0 heterocycles. The molecule has 0 spiro atoms. The number of hydrogen-bond acceptors (Lipinski definition) is 1. The highest BCUT2D eigenvalue weighted by Crippen LogP contribution is 2.70. The Bertz CT molecular complexity index is 278. The van der Waals surface area contributed by atoms with E-state index >= 15 is 0 Å². The fourth-order valence-corrected chi connectivity index (χ4v) is 6.44. The molecule has 92 valence electrons. The van der Waals surface area contributed by atoms with E-state index < -0.39 is 0 Å². The second kappa shape index (κ2) is 3.25. The lowest BCUT2D eigenvalue weighted by Crippen LogP contribution is -2.54. The molecule has 1 nitrogen and oxygen atoms in total. The predicted octanol–water partition coefficient (Wildman–Crippen LogP) is 3.72. The van der Waals surface area contributed by atoms with Crippen molar-refractivity contribution in [2.45, 2.75) is 65.2 Å². The van der Waals surface area contributed by atoms with Crippen molar-refractivity contribution >= 4 is 0 Å². The van der Waals surface area contributed by atoms with Gasteiger partial charge in [0.25, 0.3) is 0 Å². The van der Waals surface area contributed by atoms with Crippen molar-refractivity contribution < 1.29 is 0 Å². The van der Waals surface area contributed by atoms with Crippen LogP contribution in [0.15, 0.2) is 0 Å². The molecule has 0 amide bonds. The smallest absolute Gasteiger partial charge is 0.00771 e. The van der Waals surface area contributed by atoms with Crippen molar-refractivity contribution in [3.63, 3.8) is 0 Å². The molecule has 1 heteroatoms. The quantitative estimate of drug-likeness (QED) is 0.772. The molecule has 16 heavy (non-hydrogen) atoms. The van der Waals surface area contributed by atoms with Gasteiger partial charge in [-0.05, 0) is 80.1 Å². The lowest BCUT2D eigenvalue weighted by molar-refractivity contribution is -0.147. The van der Waals surface area contributed by atoms with Crippen LogP contribution < -0.4 is 5.73 Å². The predicted molar refractivity (Wildman–Crippen MR) is 68.1 cm³/mol. The highest BCUT2D eigenvalue weighted by Gasteiger charge is 2.59. The first-order valence-corrected chi connectivity index (χ1v) is 7.17. The van der Waals surface area contributed by atoms with Crippen LogP contribution in [0.25, 0.3) is 0 Å². The van der Waals surface area contributed by atoms with E-state index in [4.69, 9.17) is 5.73 Å². The van der Waals surface area contributed by atoms with E-state index in [1.54, 1.807) is 0 Å². The molecular formula is C15H27N. The van der Waals surface area contributed by atoms with Crippen LogP contribution in [0.3, 0.4) is 0 Å². The second-order valence-electron chi connectivity index (χ2n) is 8.02. The van der Waals surface area contributed by atoms with Crippen molar-refractivity contribution in [3.8, 4) is 0 Å². The van der Waals surface area contributed by atoms with Gasteiger partial charge in [-0.15, -0.1) is 0 Å². The molecule has 2 N–H and O–H groups in total. The average Bonchev–Trinajstić information content (AvgIpc) is 2.08. The molecule has 0 aromatic rings. The maximum absolute atomic E-state index is 5.72. The van der Waals surface area contributed by atoms with Crippen LogP contribution >= 0.6 is 0 Å². The summed E-state index contributed by atoms with van der Waals surface area (Å²) in [5.74, 6) is 1.05. The van der Waals surface area contributed by atoms with Gasteiger partial charge in [0.1, 0.15) is 0 Å². The highest BCUT2D eigenvalue weighted by atomic mass is 14.6. The van der Waals surface area contributed by atoms with Crippen LogP contribution in [0.1, 0.15) is 65.2 Å². The molecular weight excluding hydrogens is 194 g/mol. The molecule has 4 saturated carbocycles. The zero-order valence-corrected chi connectivity index (χ0v) is 11.0. The fourth-order valence-electron chi connectivity index (χ4n) is 6.44. The molecule has 4 bridgehead atoms. The molecule has 0 saturated heterocycles. The molecule has 4 fully saturated rings. The Kier molecular flexibility index (Phi) is 2.25. The van der Waals surface area contributed by atoms with Crippen molar-refractivity contribution in [1.82, 2.24) is 0 Å². The highest BCUT2D eigenvalue weighted by molar-refractivity contribution is 5.10. The standard InChI is InChI=1S/C15H27N/c1-13-6-12-7-14(2,9-13)11-15(8-12,10-13)4-3-5-16/h12H,3-11,16H2,1-2H3. The second-order valence-corrected chi connectivity index (χ2v) is 8.02. The summed E-state index contributed by atoms with van der Waals surface area (Å²) in [6, 6.07) is 0. The first kappa shape index (κ1) is 11.1. The molecule has 4 aliphatic carbocycles. The summed E-state index contributed by atoms with van der Waals surface area (Å²) in [6.45, 7) is 6.01. The van der Waals surface area contributed by atoms with Gasteiger partial charge in [0.15, 0.2) is 0 Å². The first-order chi connectivity index (χ1) is 7.47. The van der Waals surface area contributed by atoms with Gasteiger partial charge in [-0.1, -0.05) is 13.8 Å². The minimum Gasteiger partial charge on any atom is -0.330 e. The van der Waals surface area contributed by atoms with E-state index in [-0.39, 0.29) is 0 Å². The van der Waals surface area contributed by atoms with Gasteiger partial charge in [0, 0.05) is 0 Å². The zero-order chi connectivity index (χ0) is 11.4. The lowest BCUT2D eigenvalue weighted by Gasteiger charge is -2.65. The summed E-state index contributed by atoms with van der Waals surface area (Å²) in [7, 11) is 0. The molecule has 0 aromatic carbocycles. The van der Waals surface area contributed by atoms with E-state index in [9.17, 15) is 0 Å². The van der Waals surface area contributed by atoms with Gasteiger partial charge in [-0.2, -0.15) is 0 Å². The summed E-state index contributed by atoms with van der Waals surface area (Å²) in [6.07, 6.45) is 11.7. The molecule has 4 rings (SSSR count). The molecule has 2 atom stereocenters. The monoisotopic (exact) mass is 221 g/mol. The van der Waals surface area contributed by atoms with Gasteiger partial charge >= 0.3 is 0 Å². The third-order valence-electron chi connectivity index (χ3n) is 5.65. The van der Waals surface area contributed by atoms with Crippen molar-refractivity contribution in [2.24, 2.45) is 27.9 Å². The Morgan fingerprint density at radius 3 is 2.12 bits per heavy atom. The van der Waals surface area contributed by atoms with E-state index in [1.807, 2.05) is 0 Å².